The lowest BCUT2D eigenvalue weighted by molar-refractivity contribution is 0.477. The molecule has 0 amide bonds. The van der Waals surface area contributed by atoms with Crippen molar-refractivity contribution in [3.8, 4) is 11.1 Å². The van der Waals surface area contributed by atoms with Crippen LogP contribution in [0.5, 0.6) is 0 Å². The molecule has 3 rings (SSSR count). The van der Waals surface area contributed by atoms with E-state index in [4.69, 9.17) is 11.8 Å². The average Bonchev–Trinajstić information content (AvgIpc) is 2.96. The topological polar surface area (TPSA) is 64.0 Å². The summed E-state index contributed by atoms with van der Waals surface area (Å²) < 4.78 is 53.2. The number of rotatable bonds is 7. The summed E-state index contributed by atoms with van der Waals surface area (Å²) in [6, 6.07) is 9.70. The fourth-order valence-electron chi connectivity index (χ4n) is 3.25. The lowest BCUT2D eigenvalue weighted by Crippen LogP contribution is -2.04. The van der Waals surface area contributed by atoms with E-state index in [1.165, 1.54) is 12.1 Å². The lowest BCUT2D eigenvalue weighted by Gasteiger charge is -2.08. The van der Waals surface area contributed by atoms with Crippen LogP contribution in [-0.4, -0.2) is 30.8 Å². The Bertz CT molecular complexity index is 1190. The molecule has 0 radical (unpaired) electrons. The number of aromatic nitrogens is 2. The number of allylic oxidation sites excluding steroid dienone is 1. The van der Waals surface area contributed by atoms with Gasteiger partial charge in [-0.05, 0) is 54.6 Å². The van der Waals surface area contributed by atoms with E-state index in [1.54, 1.807) is 41.8 Å². The number of alkyl halides is 1. The van der Waals surface area contributed by atoms with Crippen molar-refractivity contribution in [2.45, 2.75) is 25.0 Å². The Labute approximate surface area is 173 Å². The van der Waals surface area contributed by atoms with E-state index in [0.29, 0.717) is 27.9 Å². The largest absolute Gasteiger partial charge is 0.336 e. The molecule has 0 saturated heterocycles. The molecule has 2 aromatic heterocycles. The van der Waals surface area contributed by atoms with E-state index in [2.05, 4.69) is 9.82 Å². The second kappa shape index (κ2) is 8.61. The molecule has 5 nitrogen and oxygen atoms in total. The maximum Gasteiger partial charge on any atom is 0.175 e. The van der Waals surface area contributed by atoms with Crippen LogP contribution in [0, 0.1) is 6.92 Å². The number of pyridine rings is 1. The van der Waals surface area contributed by atoms with Crippen molar-refractivity contribution in [1.82, 2.24) is 14.4 Å². The molecule has 154 valence electrons. The van der Waals surface area contributed by atoms with Crippen LogP contribution in [0.1, 0.15) is 11.4 Å². The number of nitrogens with one attached hydrogen (secondary N) is 1. The number of sulfone groups is 1. The molecule has 0 aliphatic heterocycles. The summed E-state index contributed by atoms with van der Waals surface area (Å²) in [4.78, 5) is 6.89. The Kier molecular flexibility index (Phi) is 6.36. The van der Waals surface area contributed by atoms with E-state index in [0.717, 1.165) is 6.26 Å². The van der Waals surface area contributed by atoms with E-state index < -0.39 is 22.3 Å². The molecule has 0 fully saturated rings. The van der Waals surface area contributed by atoms with Gasteiger partial charge in [-0.2, -0.15) is 0 Å². The summed E-state index contributed by atoms with van der Waals surface area (Å²) in [6.45, 7) is 1.17. The van der Waals surface area contributed by atoms with E-state index in [1.807, 2.05) is 0 Å². The van der Waals surface area contributed by atoms with Gasteiger partial charge in [-0.1, -0.05) is 12.1 Å². The minimum atomic E-state index is -3.41. The zero-order valence-corrected chi connectivity index (χ0v) is 17.5. The van der Waals surface area contributed by atoms with Gasteiger partial charge in [0.1, 0.15) is 12.5 Å². The maximum absolute atomic E-state index is 14.3. The van der Waals surface area contributed by atoms with Gasteiger partial charge in [0, 0.05) is 24.1 Å². The maximum atomic E-state index is 14.3. The third-order valence-corrected chi connectivity index (χ3v) is 5.89. The van der Waals surface area contributed by atoms with Gasteiger partial charge in [-0.25, -0.2) is 27.0 Å². The number of fused-ring (bicyclic) bond motifs is 1. The van der Waals surface area contributed by atoms with Crippen molar-refractivity contribution in [2.24, 2.45) is 0 Å². The van der Waals surface area contributed by atoms with Gasteiger partial charge in [0.05, 0.1) is 28.2 Å². The molecule has 9 heteroatoms. The van der Waals surface area contributed by atoms with Gasteiger partial charge in [0.25, 0.3) is 0 Å². The van der Waals surface area contributed by atoms with E-state index >= 15 is 0 Å². The smallest absolute Gasteiger partial charge is 0.175 e. The van der Waals surface area contributed by atoms with E-state index in [-0.39, 0.29) is 23.7 Å². The summed E-state index contributed by atoms with van der Waals surface area (Å²) in [7, 11) is -3.41. The minimum Gasteiger partial charge on any atom is -0.336 e. The van der Waals surface area contributed by atoms with Crippen LogP contribution < -0.4 is 4.84 Å². The van der Waals surface area contributed by atoms with Crippen molar-refractivity contribution in [3.05, 3.63) is 59.7 Å². The summed E-state index contributed by atoms with van der Waals surface area (Å²) in [5.74, 6) is -0.399. The lowest BCUT2D eigenvalue weighted by atomic mass is 10.1. The normalized spacial score (nSPS) is 12.7. The Morgan fingerprint density at radius 2 is 2.07 bits per heavy atom. The first-order chi connectivity index (χ1) is 13.8. The van der Waals surface area contributed by atoms with Crippen molar-refractivity contribution in [3.63, 3.8) is 0 Å². The molecule has 29 heavy (non-hydrogen) atoms. The molecule has 3 aromatic rings. The van der Waals surface area contributed by atoms with Crippen LogP contribution in [0.4, 0.5) is 8.78 Å². The van der Waals surface area contributed by atoms with Crippen LogP contribution in [0.15, 0.2) is 53.2 Å². The molecule has 0 aliphatic rings. The Morgan fingerprint density at radius 3 is 2.72 bits per heavy atom. The van der Waals surface area contributed by atoms with Crippen LogP contribution in [0.3, 0.4) is 0 Å². The Balaban J connectivity index is 2.25. The summed E-state index contributed by atoms with van der Waals surface area (Å²) in [6.07, 6.45) is 2.46. The van der Waals surface area contributed by atoms with Crippen molar-refractivity contribution < 1.29 is 17.2 Å². The molecular formula is C20H20ClF2N3O2S. The fraction of sp³-hybridized carbons (Fsp3) is 0.250. The van der Waals surface area contributed by atoms with Crippen LogP contribution in [0.2, 0.25) is 0 Å². The number of hydrogen-bond acceptors (Lipinski definition) is 4. The third kappa shape index (κ3) is 4.49. The molecule has 0 bridgehead atoms. The molecule has 0 spiro atoms. The predicted molar refractivity (Wildman–Crippen MR) is 111 cm³/mol. The molecule has 0 unspecified atom stereocenters. The van der Waals surface area contributed by atoms with Gasteiger partial charge in [-0.3, -0.25) is 0 Å². The van der Waals surface area contributed by atoms with Gasteiger partial charge in [0.2, 0.25) is 0 Å². The van der Waals surface area contributed by atoms with Gasteiger partial charge in [-0.15, -0.1) is 0 Å². The summed E-state index contributed by atoms with van der Waals surface area (Å²) in [5.41, 5.74) is 3.32. The molecule has 2 heterocycles. The van der Waals surface area contributed by atoms with Crippen LogP contribution in [0.25, 0.3) is 22.2 Å². The first kappa shape index (κ1) is 21.4. The van der Waals surface area contributed by atoms with Gasteiger partial charge >= 0.3 is 0 Å². The molecule has 0 saturated carbocycles. The minimum absolute atomic E-state index is 0.0523. The number of hydrogen-bond donors (Lipinski definition) is 1. The standard InChI is InChI=1S/C20H20ClF2N3O2S/c1-13-19(14-4-3-5-17(10-14)29(2,27)28)20-18(7-6-16(11-22)25-20)26(13)12-15(23)8-9-24-21/h3-8,10,24H,9,11-12H2,1-2H3/b15-8-. The van der Waals surface area contributed by atoms with Crippen molar-refractivity contribution in [2.75, 3.05) is 12.8 Å². The van der Waals surface area contributed by atoms with E-state index in [9.17, 15) is 17.2 Å². The van der Waals surface area contributed by atoms with Crippen LogP contribution >= 0.6 is 11.8 Å². The zero-order valence-electron chi connectivity index (χ0n) is 15.9. The zero-order chi connectivity index (χ0) is 21.2. The highest BCUT2D eigenvalue weighted by Crippen LogP contribution is 2.35. The molecular weight excluding hydrogens is 420 g/mol. The highest BCUT2D eigenvalue weighted by molar-refractivity contribution is 7.90. The quantitative estimate of drug-likeness (QED) is 0.551. The SMILES string of the molecule is Cc1c(-c2cccc(S(C)(=O)=O)c2)c2nc(CF)ccc2n1C/C(F)=C/CNCl. The predicted octanol–water partition coefficient (Wildman–Crippen LogP) is 4.48. The second-order valence-electron chi connectivity index (χ2n) is 6.64. The van der Waals surface area contributed by atoms with Crippen LogP contribution in [-0.2, 0) is 23.1 Å². The first-order valence-corrected chi connectivity index (χ1v) is 11.1. The summed E-state index contributed by atoms with van der Waals surface area (Å²) >= 11 is 5.38. The van der Waals surface area contributed by atoms with Crippen molar-refractivity contribution in [1.29, 1.82) is 0 Å². The Hall–Kier alpha value is -2.29. The molecule has 0 aliphatic carbocycles. The summed E-state index contributed by atoms with van der Waals surface area (Å²) in [5, 5.41) is 0. The van der Waals surface area contributed by atoms with Gasteiger partial charge in [0.15, 0.2) is 9.84 Å². The monoisotopic (exact) mass is 439 g/mol. The number of halogens is 3. The third-order valence-electron chi connectivity index (χ3n) is 4.62. The first-order valence-electron chi connectivity index (χ1n) is 8.79. The second-order valence-corrected chi connectivity index (χ2v) is 8.92. The average molecular weight is 440 g/mol. The number of nitrogens with zero attached hydrogens (tertiary/aromatic N) is 2. The van der Waals surface area contributed by atoms with Crippen molar-refractivity contribution >= 4 is 32.6 Å². The molecule has 1 aromatic carbocycles. The highest BCUT2D eigenvalue weighted by atomic mass is 35.5. The Morgan fingerprint density at radius 1 is 1.31 bits per heavy atom. The highest BCUT2D eigenvalue weighted by Gasteiger charge is 2.19. The fourth-order valence-corrected chi connectivity index (χ4v) is 4.00. The number of benzene rings is 1. The molecule has 1 N–H and O–H groups in total. The van der Waals surface area contributed by atoms with Gasteiger partial charge < -0.3 is 4.57 Å². The molecule has 0 atom stereocenters.